The van der Waals surface area contributed by atoms with Gasteiger partial charge < -0.3 is 14.5 Å². The smallest absolute Gasteiger partial charge is 0.137 e. The van der Waals surface area contributed by atoms with Crippen LogP contribution in [0.15, 0.2) is 158 Å². The fraction of sp³-hybridized carbons (Fsp3) is 0.254. The summed E-state index contributed by atoms with van der Waals surface area (Å²) < 4.78 is 9.31. The van der Waals surface area contributed by atoms with Crippen molar-refractivity contribution in [2.24, 2.45) is 0 Å². The summed E-state index contributed by atoms with van der Waals surface area (Å²) in [6.45, 7) is 25.8. The molecule has 0 bridgehead atoms. The molecule has 0 amide bonds. The van der Waals surface area contributed by atoms with Gasteiger partial charge in [-0.1, -0.05) is 135 Å². The molecule has 0 spiro atoms. The van der Waals surface area contributed by atoms with Crippen LogP contribution in [-0.4, -0.2) is 16.2 Å². The van der Waals surface area contributed by atoms with Crippen LogP contribution >= 0.6 is 0 Å². The molecule has 0 N–H and O–H groups in total. The molecule has 3 heterocycles. The van der Waals surface area contributed by atoms with Crippen LogP contribution in [-0.2, 0) is 5.41 Å². The molecular weight excluding hydrogens is 829 g/mol. The number of anilines is 4. The molecule has 5 nitrogen and oxygen atoms in total. The summed E-state index contributed by atoms with van der Waals surface area (Å²) in [6.07, 6.45) is 1.93. The molecule has 0 fully saturated rings. The summed E-state index contributed by atoms with van der Waals surface area (Å²) in [7, 11) is 0. The molecule has 0 aliphatic carbocycles. The molecule has 0 saturated carbocycles. The Morgan fingerprint density at radius 1 is 0.515 bits per heavy atom. The van der Waals surface area contributed by atoms with E-state index in [1.165, 1.54) is 67.0 Å². The van der Waals surface area contributed by atoms with Crippen LogP contribution in [0.4, 0.5) is 22.7 Å². The van der Waals surface area contributed by atoms with E-state index in [1.54, 1.807) is 0 Å². The zero-order chi connectivity index (χ0) is 47.6. The van der Waals surface area contributed by atoms with Gasteiger partial charge in [-0.05, 0) is 159 Å². The summed E-state index contributed by atoms with van der Waals surface area (Å²) in [5.74, 6) is 3.68. The normalized spacial score (nSPS) is 12.9. The molecule has 5 heteroatoms. The van der Waals surface area contributed by atoms with Crippen molar-refractivity contribution in [1.29, 1.82) is 0 Å². The quantitative estimate of drug-likeness (QED) is 0.137. The fourth-order valence-corrected chi connectivity index (χ4v) is 10.1. The van der Waals surface area contributed by atoms with Crippen molar-refractivity contribution in [3.63, 3.8) is 0 Å². The molecule has 68 heavy (non-hydrogen) atoms. The Hall–Kier alpha value is -7.11. The molecule has 0 saturated heterocycles. The number of aromatic nitrogens is 2. The summed E-state index contributed by atoms with van der Waals surface area (Å²) >= 11 is 0. The van der Waals surface area contributed by atoms with Crippen molar-refractivity contribution < 1.29 is 4.74 Å². The molecule has 0 radical (unpaired) electrons. The Morgan fingerprint density at radius 3 is 1.82 bits per heavy atom. The number of benzene rings is 7. The Kier molecular flexibility index (Phi) is 11.5. The van der Waals surface area contributed by atoms with Crippen molar-refractivity contribution in [3.05, 3.63) is 191 Å². The monoisotopic (exact) mass is 893 g/mol. The van der Waals surface area contributed by atoms with Crippen LogP contribution in [0.5, 0.6) is 11.5 Å². The van der Waals surface area contributed by atoms with Crippen LogP contribution in [0.3, 0.4) is 0 Å². The van der Waals surface area contributed by atoms with E-state index < -0.39 is 0 Å². The third kappa shape index (κ3) is 8.23. The second-order valence-electron chi connectivity index (χ2n) is 20.9. The van der Waals surface area contributed by atoms with E-state index in [2.05, 4.69) is 242 Å². The van der Waals surface area contributed by atoms with Crippen LogP contribution < -0.4 is 14.5 Å². The van der Waals surface area contributed by atoms with Gasteiger partial charge >= 0.3 is 0 Å². The zero-order valence-corrected chi connectivity index (χ0v) is 41.6. The maximum atomic E-state index is 7.03. The van der Waals surface area contributed by atoms with Gasteiger partial charge in [-0.3, -0.25) is 4.57 Å². The summed E-state index contributed by atoms with van der Waals surface area (Å²) in [5.41, 5.74) is 19.7. The highest BCUT2D eigenvalue weighted by Crippen LogP contribution is 2.49. The predicted molar refractivity (Wildman–Crippen MR) is 288 cm³/mol. The lowest BCUT2D eigenvalue weighted by molar-refractivity contribution is 0.483. The van der Waals surface area contributed by atoms with E-state index in [9.17, 15) is 0 Å². The minimum Gasteiger partial charge on any atom is -0.457 e. The van der Waals surface area contributed by atoms with Crippen molar-refractivity contribution >= 4 is 44.6 Å². The number of nitrogens with zero attached hydrogens (tertiary/aromatic N) is 4. The minimum atomic E-state index is -0.0181. The van der Waals surface area contributed by atoms with Gasteiger partial charge in [-0.2, -0.15) is 0 Å². The average molecular weight is 893 g/mol. The van der Waals surface area contributed by atoms with E-state index in [0.717, 1.165) is 50.6 Å². The Morgan fingerprint density at radius 2 is 1.15 bits per heavy atom. The van der Waals surface area contributed by atoms with Gasteiger partial charge in [0.1, 0.15) is 24.0 Å². The number of ether oxygens (including phenoxy) is 1. The lowest BCUT2D eigenvalue weighted by Crippen LogP contribution is -2.24. The maximum absolute atomic E-state index is 7.03. The molecule has 1 aliphatic heterocycles. The minimum absolute atomic E-state index is 0.0181. The van der Waals surface area contributed by atoms with Gasteiger partial charge in [0.15, 0.2) is 0 Å². The summed E-state index contributed by atoms with van der Waals surface area (Å²) in [4.78, 5) is 9.88. The largest absolute Gasteiger partial charge is 0.457 e. The number of hydrogen-bond donors (Lipinski definition) is 0. The molecule has 7 aromatic carbocycles. The summed E-state index contributed by atoms with van der Waals surface area (Å²) in [6, 6.07) is 55.7. The number of pyridine rings is 1. The number of aryl methyl sites for hydroxylation is 2. The standard InChI is InChI=1S/C63H64N4O/c1-39(2)46-33-55(40(3)4)62(56(34-46)41(5)6)45-20-17-21-49(30-45)65-38-66(60-29-43(8)42(7)28-59(60)65)50-31-47(44-18-13-12-14-19-44)32-52(36-50)68-51-24-25-54-53-22-15-16-23-57(53)67(58(54)37-51)61-35-48(26-27-64-61)63(9,10)11/h12-37,39-41H,38H2,1-11H3. The molecule has 342 valence electrons. The number of hydrogen-bond acceptors (Lipinski definition) is 4. The van der Waals surface area contributed by atoms with Gasteiger partial charge in [0.05, 0.1) is 22.4 Å². The molecule has 0 unspecified atom stereocenters. The second kappa shape index (κ2) is 17.5. The topological polar surface area (TPSA) is 33.5 Å². The van der Waals surface area contributed by atoms with E-state index in [1.807, 2.05) is 6.20 Å². The van der Waals surface area contributed by atoms with Gasteiger partial charge in [0.2, 0.25) is 0 Å². The molecule has 10 rings (SSSR count). The highest BCUT2D eigenvalue weighted by molar-refractivity contribution is 6.09. The third-order valence-electron chi connectivity index (χ3n) is 14.1. The summed E-state index contributed by atoms with van der Waals surface area (Å²) in [5, 5.41) is 2.34. The van der Waals surface area contributed by atoms with Gasteiger partial charge in [0, 0.05) is 40.5 Å². The van der Waals surface area contributed by atoms with Crippen molar-refractivity contribution in [3.8, 4) is 39.6 Å². The first-order chi connectivity index (χ1) is 32.6. The van der Waals surface area contributed by atoms with E-state index >= 15 is 0 Å². The fourth-order valence-electron chi connectivity index (χ4n) is 10.1. The molecule has 1 aliphatic rings. The molecule has 9 aromatic rings. The number of para-hydroxylation sites is 1. The van der Waals surface area contributed by atoms with Gasteiger partial charge in [-0.15, -0.1) is 0 Å². The van der Waals surface area contributed by atoms with Crippen molar-refractivity contribution in [2.75, 3.05) is 16.5 Å². The molecular formula is C63H64N4O. The molecule has 2 aromatic heterocycles. The van der Waals surface area contributed by atoms with Crippen molar-refractivity contribution in [1.82, 2.24) is 9.55 Å². The van der Waals surface area contributed by atoms with Crippen LogP contribution in [0, 0.1) is 13.8 Å². The van der Waals surface area contributed by atoms with Crippen molar-refractivity contribution in [2.45, 2.75) is 99.3 Å². The Balaban J connectivity index is 1.08. The van der Waals surface area contributed by atoms with Gasteiger partial charge in [0.25, 0.3) is 0 Å². The van der Waals surface area contributed by atoms with Crippen LogP contribution in [0.1, 0.15) is 113 Å². The Labute approximate surface area is 403 Å². The van der Waals surface area contributed by atoms with E-state index in [4.69, 9.17) is 9.72 Å². The number of rotatable bonds is 10. The second-order valence-corrected chi connectivity index (χ2v) is 20.9. The van der Waals surface area contributed by atoms with E-state index in [-0.39, 0.29) is 5.41 Å². The SMILES string of the molecule is Cc1cc2c(cc1C)N(c1cccc(-c3c(C(C)C)cc(C(C)C)cc3C(C)C)c1)CN2c1cc(Oc2ccc3c4ccccc4n(-c4cc(C(C)(C)C)ccn4)c3c2)cc(-c2ccccc2)c1. The first-order valence-corrected chi connectivity index (χ1v) is 24.5. The first kappa shape index (κ1) is 44.7. The predicted octanol–water partition coefficient (Wildman–Crippen LogP) is 17.8. The van der Waals surface area contributed by atoms with Crippen LogP contribution in [0.25, 0.3) is 49.9 Å². The lowest BCUT2D eigenvalue weighted by atomic mass is 9.81. The highest BCUT2D eigenvalue weighted by Gasteiger charge is 2.31. The lowest BCUT2D eigenvalue weighted by Gasteiger charge is -2.26. The third-order valence-corrected chi connectivity index (χ3v) is 14.1. The average Bonchev–Trinajstić information content (AvgIpc) is 3.86. The Bertz CT molecular complexity index is 3320. The molecule has 0 atom stereocenters. The van der Waals surface area contributed by atoms with Crippen LogP contribution in [0.2, 0.25) is 0 Å². The highest BCUT2D eigenvalue weighted by atomic mass is 16.5. The number of fused-ring (bicyclic) bond motifs is 4. The van der Waals surface area contributed by atoms with E-state index in [0.29, 0.717) is 24.4 Å². The first-order valence-electron chi connectivity index (χ1n) is 24.5. The van der Waals surface area contributed by atoms with Gasteiger partial charge in [-0.25, -0.2) is 4.98 Å². The zero-order valence-electron chi connectivity index (χ0n) is 41.6. The maximum Gasteiger partial charge on any atom is 0.137 e.